The van der Waals surface area contributed by atoms with E-state index in [9.17, 15) is 0 Å². The van der Waals surface area contributed by atoms with Gasteiger partial charge in [0, 0.05) is 9.50 Å². The van der Waals surface area contributed by atoms with Gasteiger partial charge in [-0.15, -0.1) is 0 Å². The van der Waals surface area contributed by atoms with Crippen LogP contribution >= 0.6 is 22.6 Å². The summed E-state index contributed by atoms with van der Waals surface area (Å²) in [5.74, 6) is 0.519. The van der Waals surface area contributed by atoms with Crippen molar-refractivity contribution in [3.8, 4) is 0 Å². The predicted octanol–water partition coefficient (Wildman–Crippen LogP) is 7.21. The highest BCUT2D eigenvalue weighted by Gasteiger charge is 2.19. The van der Waals surface area contributed by atoms with Gasteiger partial charge in [-0.05, 0) is 79.4 Å². The third kappa shape index (κ3) is 2.67. The molecule has 0 N–H and O–H groups in total. The van der Waals surface area contributed by atoms with Crippen LogP contribution in [0, 0.1) is 5.92 Å². The van der Waals surface area contributed by atoms with E-state index in [1.54, 1.807) is 0 Å². The van der Waals surface area contributed by atoms with Gasteiger partial charge in [-0.25, -0.2) is 0 Å². The van der Waals surface area contributed by atoms with Gasteiger partial charge in [0.15, 0.2) is 0 Å². The summed E-state index contributed by atoms with van der Waals surface area (Å²) in [6.45, 7) is 0. The van der Waals surface area contributed by atoms with Crippen LogP contribution in [0.5, 0.6) is 0 Å². The van der Waals surface area contributed by atoms with Gasteiger partial charge in [0.1, 0.15) is 0 Å². The zero-order valence-corrected chi connectivity index (χ0v) is 15.9. The summed E-state index contributed by atoms with van der Waals surface area (Å²) in [7, 11) is 0. The van der Waals surface area contributed by atoms with Crippen LogP contribution in [0.2, 0.25) is 0 Å². The fourth-order valence-electron chi connectivity index (χ4n) is 3.92. The molecule has 3 aromatic rings. The molecule has 1 unspecified atom stereocenters. The smallest absolute Gasteiger partial charge is 0.0130 e. The minimum atomic E-state index is 0.519. The van der Waals surface area contributed by atoms with Crippen molar-refractivity contribution in [2.45, 2.75) is 6.42 Å². The van der Waals surface area contributed by atoms with Gasteiger partial charge in [-0.2, -0.15) is 0 Å². The maximum absolute atomic E-state index is 2.39. The van der Waals surface area contributed by atoms with Gasteiger partial charge >= 0.3 is 0 Å². The molecular weight excluding hydrogens is 415 g/mol. The van der Waals surface area contributed by atoms with Crippen molar-refractivity contribution < 1.29 is 0 Å². The van der Waals surface area contributed by atoms with Gasteiger partial charge in [-0.1, -0.05) is 72.8 Å². The second kappa shape index (κ2) is 5.99. The molecule has 0 saturated heterocycles. The van der Waals surface area contributed by atoms with E-state index in [2.05, 4.69) is 108 Å². The minimum absolute atomic E-state index is 0.519. The number of hydrogen-bond acceptors (Lipinski definition) is 0. The predicted molar refractivity (Wildman–Crippen MR) is 117 cm³/mol. The average molecular weight is 432 g/mol. The minimum Gasteiger partial charge on any atom is -0.0756 e. The number of rotatable bonds is 1. The first-order valence-corrected chi connectivity index (χ1v) is 9.74. The Kier molecular flexibility index (Phi) is 3.63. The molecule has 2 aliphatic carbocycles. The van der Waals surface area contributed by atoms with Crippen molar-refractivity contribution in [1.29, 1.82) is 0 Å². The van der Waals surface area contributed by atoms with Crippen LogP contribution in [0.1, 0.15) is 12.0 Å². The molecule has 0 heterocycles. The summed E-state index contributed by atoms with van der Waals surface area (Å²) < 4.78 is 1.31. The van der Waals surface area contributed by atoms with Gasteiger partial charge < -0.3 is 0 Å². The average Bonchev–Trinajstić information content (AvgIpc) is 2.67. The largest absolute Gasteiger partial charge is 0.0756 e. The molecule has 0 radical (unpaired) electrons. The number of allylic oxidation sites excluding steroid dienone is 8. The molecule has 120 valence electrons. The highest BCUT2D eigenvalue weighted by molar-refractivity contribution is 14.1. The maximum Gasteiger partial charge on any atom is 0.0130 e. The van der Waals surface area contributed by atoms with Crippen LogP contribution in [0.15, 0.2) is 94.1 Å². The molecule has 0 aliphatic heterocycles. The summed E-state index contributed by atoms with van der Waals surface area (Å²) in [6.07, 6.45) is 12.5. The third-order valence-corrected chi connectivity index (χ3v) is 5.92. The molecule has 0 amide bonds. The van der Waals surface area contributed by atoms with Crippen molar-refractivity contribution in [2.75, 3.05) is 0 Å². The second-order valence-electron chi connectivity index (χ2n) is 6.78. The Morgan fingerprint density at radius 1 is 0.840 bits per heavy atom. The Bertz CT molecular complexity index is 1130. The Balaban J connectivity index is 1.60. The number of fused-ring (bicyclic) bond motifs is 4. The summed E-state index contributed by atoms with van der Waals surface area (Å²) in [4.78, 5) is 0. The molecular formula is C24H17I. The standard InChI is InChI=1S/C24H17I/c25-22-11-9-18-13-17(6-7-20(18)15-22)19-10-12-24-21(14-19)8-5-16-3-1-2-4-23(16)24/h1-12,14-15,18H,13H2. The van der Waals surface area contributed by atoms with Gasteiger partial charge in [0.2, 0.25) is 0 Å². The van der Waals surface area contributed by atoms with Crippen LogP contribution in [-0.2, 0) is 0 Å². The SMILES string of the molecule is IC1=CC2=CC=C(c3ccc4c(ccc5ccccc54)c3)CC2C=C1. The molecule has 0 aromatic heterocycles. The van der Waals surface area contributed by atoms with Crippen LogP contribution in [0.4, 0.5) is 0 Å². The molecule has 1 heteroatoms. The van der Waals surface area contributed by atoms with Crippen molar-refractivity contribution in [3.05, 3.63) is 99.7 Å². The van der Waals surface area contributed by atoms with E-state index >= 15 is 0 Å². The fraction of sp³-hybridized carbons (Fsp3) is 0.0833. The monoisotopic (exact) mass is 432 g/mol. The normalized spacial score (nSPS) is 19.4. The van der Waals surface area contributed by atoms with Gasteiger partial charge in [-0.3, -0.25) is 0 Å². The van der Waals surface area contributed by atoms with Crippen LogP contribution in [-0.4, -0.2) is 0 Å². The molecule has 0 spiro atoms. The molecule has 5 rings (SSSR count). The highest BCUT2D eigenvalue weighted by atomic mass is 127. The first-order valence-electron chi connectivity index (χ1n) is 8.66. The zero-order chi connectivity index (χ0) is 16.8. The highest BCUT2D eigenvalue weighted by Crippen LogP contribution is 2.37. The van der Waals surface area contributed by atoms with Crippen LogP contribution in [0.3, 0.4) is 0 Å². The lowest BCUT2D eigenvalue weighted by molar-refractivity contribution is 0.792. The van der Waals surface area contributed by atoms with Crippen LogP contribution in [0.25, 0.3) is 27.1 Å². The molecule has 1 atom stereocenters. The lowest BCUT2D eigenvalue weighted by Gasteiger charge is -2.23. The molecule has 0 saturated carbocycles. The Hall–Kier alpha value is -2.13. The topological polar surface area (TPSA) is 0 Å². The molecule has 25 heavy (non-hydrogen) atoms. The lowest BCUT2D eigenvalue weighted by atomic mass is 9.82. The molecule has 3 aromatic carbocycles. The number of benzene rings is 3. The fourth-order valence-corrected chi connectivity index (χ4v) is 4.49. The van der Waals surface area contributed by atoms with E-state index in [-0.39, 0.29) is 0 Å². The van der Waals surface area contributed by atoms with Gasteiger partial charge in [0.05, 0.1) is 0 Å². The van der Waals surface area contributed by atoms with E-state index in [0.717, 1.165) is 6.42 Å². The Morgan fingerprint density at radius 2 is 1.68 bits per heavy atom. The summed E-state index contributed by atoms with van der Waals surface area (Å²) >= 11 is 2.39. The third-order valence-electron chi connectivity index (χ3n) is 5.25. The lowest BCUT2D eigenvalue weighted by Crippen LogP contribution is -2.07. The maximum atomic E-state index is 2.39. The van der Waals surface area contributed by atoms with Gasteiger partial charge in [0.25, 0.3) is 0 Å². The Morgan fingerprint density at radius 3 is 2.64 bits per heavy atom. The Labute approximate surface area is 161 Å². The quantitative estimate of drug-likeness (QED) is 0.282. The van der Waals surface area contributed by atoms with E-state index in [1.165, 1.54) is 41.8 Å². The zero-order valence-electron chi connectivity index (χ0n) is 13.7. The number of halogens is 1. The van der Waals surface area contributed by atoms with Crippen LogP contribution < -0.4 is 0 Å². The molecule has 0 nitrogen and oxygen atoms in total. The van der Waals surface area contributed by atoms with Crippen molar-refractivity contribution in [1.82, 2.24) is 0 Å². The van der Waals surface area contributed by atoms with Crippen molar-refractivity contribution in [3.63, 3.8) is 0 Å². The first-order chi connectivity index (χ1) is 12.3. The van der Waals surface area contributed by atoms with E-state index in [1.807, 2.05) is 0 Å². The summed E-state index contributed by atoms with van der Waals surface area (Å²) in [5.41, 5.74) is 4.21. The molecule has 2 aliphatic rings. The summed E-state index contributed by atoms with van der Waals surface area (Å²) in [5, 5.41) is 5.30. The molecule has 0 bridgehead atoms. The van der Waals surface area contributed by atoms with E-state index in [0.29, 0.717) is 5.92 Å². The van der Waals surface area contributed by atoms with E-state index < -0.39 is 0 Å². The number of hydrogen-bond donors (Lipinski definition) is 0. The first kappa shape index (κ1) is 15.2. The van der Waals surface area contributed by atoms with E-state index in [4.69, 9.17) is 0 Å². The van der Waals surface area contributed by atoms with Crippen molar-refractivity contribution >= 4 is 49.7 Å². The van der Waals surface area contributed by atoms with Crippen molar-refractivity contribution in [2.24, 2.45) is 5.92 Å². The summed E-state index contributed by atoms with van der Waals surface area (Å²) in [6, 6.07) is 20.0. The second-order valence-corrected chi connectivity index (χ2v) is 8.03. The molecule has 0 fully saturated rings.